The van der Waals surface area contributed by atoms with Gasteiger partial charge in [-0.15, -0.1) is 5.10 Å². The van der Waals surface area contributed by atoms with E-state index >= 15 is 0 Å². The van der Waals surface area contributed by atoms with Crippen molar-refractivity contribution in [2.75, 3.05) is 19.6 Å². The van der Waals surface area contributed by atoms with E-state index in [-0.39, 0.29) is 0 Å². The highest BCUT2D eigenvalue weighted by molar-refractivity contribution is 5.66. The summed E-state index contributed by atoms with van der Waals surface area (Å²) in [4.78, 5) is 2.54. The number of benzene rings is 1. The number of hydrogen-bond acceptors (Lipinski definition) is 3. The molecule has 1 aromatic heterocycles. The third-order valence-corrected chi connectivity index (χ3v) is 4.02. The Kier molecular flexibility index (Phi) is 4.79. The fraction of sp³-hybridized carbons (Fsp3) is 0.412. The van der Waals surface area contributed by atoms with Gasteiger partial charge in [-0.25, -0.2) is 0 Å². The molecule has 0 spiro atoms. The minimum absolute atomic E-state index is 0.971. The molecular weight excluding hydrogens is 260 g/mol. The topological polar surface area (TPSA) is 34.0 Å². The van der Waals surface area contributed by atoms with E-state index in [1.54, 1.807) is 6.20 Å². The predicted octanol–water partition coefficient (Wildman–Crippen LogP) is 2.85. The van der Waals surface area contributed by atoms with Gasteiger partial charge in [0.25, 0.3) is 0 Å². The van der Waals surface area contributed by atoms with Gasteiger partial charge in [-0.05, 0) is 36.9 Å². The lowest BCUT2D eigenvalue weighted by molar-refractivity contribution is 0.291. The molecule has 1 aliphatic heterocycles. The number of hydrogen-bond donors (Lipinski definition) is 0. The quantitative estimate of drug-likeness (QED) is 0.764. The van der Waals surface area contributed by atoms with Crippen molar-refractivity contribution in [3.63, 3.8) is 0 Å². The van der Waals surface area contributed by atoms with Gasteiger partial charge in [-0.3, -0.25) is 9.58 Å². The molecule has 1 aliphatic rings. The van der Waals surface area contributed by atoms with Crippen LogP contribution in [0.2, 0.25) is 0 Å². The molecule has 0 bridgehead atoms. The molecule has 21 heavy (non-hydrogen) atoms. The zero-order valence-electron chi connectivity index (χ0n) is 12.4. The van der Waals surface area contributed by atoms with Crippen molar-refractivity contribution < 1.29 is 0 Å². The first-order valence-corrected chi connectivity index (χ1v) is 7.73. The van der Waals surface area contributed by atoms with E-state index in [0.29, 0.717) is 0 Å². The zero-order chi connectivity index (χ0) is 14.3. The van der Waals surface area contributed by atoms with Gasteiger partial charge >= 0.3 is 0 Å². The molecule has 0 N–H and O–H groups in total. The summed E-state index contributed by atoms with van der Waals surface area (Å²) < 4.78 is 1.91. The maximum Gasteiger partial charge on any atom is 0.0692 e. The van der Waals surface area contributed by atoms with Gasteiger partial charge < -0.3 is 0 Å². The smallest absolute Gasteiger partial charge is 0.0692 e. The van der Waals surface area contributed by atoms with Crippen LogP contribution in [0.4, 0.5) is 0 Å². The van der Waals surface area contributed by atoms with E-state index in [0.717, 1.165) is 25.9 Å². The summed E-state index contributed by atoms with van der Waals surface area (Å²) in [7, 11) is 0. The lowest BCUT2D eigenvalue weighted by Crippen LogP contribution is -2.29. The Labute approximate surface area is 126 Å². The molecule has 0 aliphatic carbocycles. The predicted molar refractivity (Wildman–Crippen MR) is 84.7 cm³/mol. The minimum Gasteiger partial charge on any atom is -0.299 e. The number of aromatic nitrogens is 3. The molecule has 0 atom stereocenters. The molecule has 0 saturated heterocycles. The Bertz CT molecular complexity index is 560. The lowest BCUT2D eigenvalue weighted by Gasteiger charge is -2.26. The Morgan fingerprint density at radius 2 is 1.90 bits per heavy atom. The SMILES string of the molecule is C1=C(c2ccccc2)CCN(CCCCn2ccnn2)C1. The molecule has 3 rings (SSSR count). The fourth-order valence-corrected chi connectivity index (χ4v) is 2.79. The molecule has 0 radical (unpaired) electrons. The average Bonchev–Trinajstić information content (AvgIpc) is 3.06. The third-order valence-electron chi connectivity index (χ3n) is 4.02. The van der Waals surface area contributed by atoms with Crippen LogP contribution in [0.1, 0.15) is 24.8 Å². The van der Waals surface area contributed by atoms with Gasteiger partial charge in [-0.2, -0.15) is 0 Å². The first kappa shape index (κ1) is 14.0. The zero-order valence-corrected chi connectivity index (χ0v) is 12.4. The number of rotatable bonds is 6. The summed E-state index contributed by atoms with van der Waals surface area (Å²) in [5.41, 5.74) is 2.87. The highest BCUT2D eigenvalue weighted by atomic mass is 15.4. The average molecular weight is 282 g/mol. The van der Waals surface area contributed by atoms with Crippen molar-refractivity contribution in [3.8, 4) is 0 Å². The van der Waals surface area contributed by atoms with Crippen LogP contribution in [-0.4, -0.2) is 39.5 Å². The van der Waals surface area contributed by atoms with E-state index in [2.05, 4.69) is 51.6 Å². The van der Waals surface area contributed by atoms with E-state index in [1.165, 1.54) is 30.6 Å². The number of aryl methyl sites for hydroxylation is 1. The number of unbranched alkanes of at least 4 members (excludes halogenated alkanes) is 1. The Balaban J connectivity index is 1.40. The Morgan fingerprint density at radius 3 is 2.62 bits per heavy atom. The second-order valence-electron chi connectivity index (χ2n) is 5.52. The largest absolute Gasteiger partial charge is 0.299 e. The Hall–Kier alpha value is -1.94. The molecule has 4 heteroatoms. The highest BCUT2D eigenvalue weighted by Gasteiger charge is 2.12. The summed E-state index contributed by atoms with van der Waals surface area (Å²) in [6, 6.07) is 10.7. The van der Waals surface area contributed by atoms with Crippen LogP contribution in [0.15, 0.2) is 48.8 Å². The van der Waals surface area contributed by atoms with Crippen molar-refractivity contribution in [3.05, 3.63) is 54.4 Å². The summed E-state index contributed by atoms with van der Waals surface area (Å²) in [6.07, 6.45) is 9.59. The van der Waals surface area contributed by atoms with Gasteiger partial charge in [0.1, 0.15) is 0 Å². The van der Waals surface area contributed by atoms with Crippen LogP contribution >= 0.6 is 0 Å². The van der Waals surface area contributed by atoms with Crippen LogP contribution in [0.3, 0.4) is 0 Å². The van der Waals surface area contributed by atoms with Crippen LogP contribution < -0.4 is 0 Å². The van der Waals surface area contributed by atoms with Gasteiger partial charge in [0, 0.05) is 25.8 Å². The maximum atomic E-state index is 3.99. The van der Waals surface area contributed by atoms with Crippen molar-refractivity contribution in [2.24, 2.45) is 0 Å². The number of nitrogens with zero attached hydrogens (tertiary/aromatic N) is 4. The Morgan fingerprint density at radius 1 is 1.05 bits per heavy atom. The standard InChI is InChI=1S/C17H22N4/c1-2-6-16(7-3-1)17-8-13-20(14-9-17)11-4-5-12-21-15-10-18-19-21/h1-3,6-8,10,15H,4-5,9,11-14H2. The van der Waals surface area contributed by atoms with Crippen molar-refractivity contribution in [1.29, 1.82) is 0 Å². The second kappa shape index (κ2) is 7.18. The molecule has 0 unspecified atom stereocenters. The molecular formula is C17H22N4. The summed E-state index contributed by atoms with van der Waals surface area (Å²) in [5, 5.41) is 7.81. The van der Waals surface area contributed by atoms with Crippen LogP contribution in [0, 0.1) is 0 Å². The molecule has 0 amide bonds. The first-order valence-electron chi connectivity index (χ1n) is 7.73. The normalized spacial score (nSPS) is 15.9. The van der Waals surface area contributed by atoms with E-state index < -0.39 is 0 Å². The molecule has 2 heterocycles. The summed E-state index contributed by atoms with van der Waals surface area (Å²) in [6.45, 7) is 4.39. The molecule has 0 fully saturated rings. The maximum absolute atomic E-state index is 3.99. The van der Waals surface area contributed by atoms with Crippen LogP contribution in [0.25, 0.3) is 5.57 Å². The highest BCUT2D eigenvalue weighted by Crippen LogP contribution is 2.21. The molecule has 1 aromatic carbocycles. The minimum atomic E-state index is 0.971. The third kappa shape index (κ3) is 4.02. The molecule has 0 saturated carbocycles. The van der Waals surface area contributed by atoms with Crippen molar-refractivity contribution in [2.45, 2.75) is 25.8 Å². The van der Waals surface area contributed by atoms with Crippen LogP contribution in [0.5, 0.6) is 0 Å². The monoisotopic (exact) mass is 282 g/mol. The van der Waals surface area contributed by atoms with Crippen molar-refractivity contribution in [1.82, 2.24) is 19.9 Å². The van der Waals surface area contributed by atoms with Gasteiger partial charge in [0.05, 0.1) is 6.20 Å². The lowest BCUT2D eigenvalue weighted by atomic mass is 9.99. The second-order valence-corrected chi connectivity index (χ2v) is 5.52. The van der Waals surface area contributed by atoms with E-state index in [1.807, 2.05) is 10.9 Å². The molecule has 110 valence electrons. The molecule has 2 aromatic rings. The van der Waals surface area contributed by atoms with Gasteiger partial charge in [0.2, 0.25) is 0 Å². The first-order chi connectivity index (χ1) is 10.4. The van der Waals surface area contributed by atoms with E-state index in [9.17, 15) is 0 Å². The van der Waals surface area contributed by atoms with Gasteiger partial charge in [-0.1, -0.05) is 41.6 Å². The van der Waals surface area contributed by atoms with Gasteiger partial charge in [0.15, 0.2) is 0 Å². The summed E-state index contributed by atoms with van der Waals surface area (Å²) in [5.74, 6) is 0. The van der Waals surface area contributed by atoms with E-state index in [4.69, 9.17) is 0 Å². The summed E-state index contributed by atoms with van der Waals surface area (Å²) >= 11 is 0. The fourth-order valence-electron chi connectivity index (χ4n) is 2.79. The molecule has 4 nitrogen and oxygen atoms in total. The van der Waals surface area contributed by atoms with Crippen LogP contribution in [-0.2, 0) is 6.54 Å². The van der Waals surface area contributed by atoms with Crippen molar-refractivity contribution >= 4 is 5.57 Å².